The van der Waals surface area contributed by atoms with Gasteiger partial charge in [0.05, 0.1) is 17.5 Å². The molecule has 25 heavy (non-hydrogen) atoms. The second-order valence-corrected chi connectivity index (χ2v) is 8.12. The number of nitrogens with zero attached hydrogens (tertiary/aromatic N) is 1. The van der Waals surface area contributed by atoms with Crippen LogP contribution in [-0.2, 0) is 23.0 Å². The largest absolute Gasteiger partial charge is 0.497 e. The Hall–Kier alpha value is -2.31. The number of fused-ring (bicyclic) bond motifs is 2. The van der Waals surface area contributed by atoms with Gasteiger partial charge in [-0.2, -0.15) is 0 Å². The van der Waals surface area contributed by atoms with Gasteiger partial charge in [0, 0.05) is 17.6 Å². The summed E-state index contributed by atoms with van der Waals surface area (Å²) >= 11 is 0. The SMILES string of the molecule is COc1ccc2c(c1)cc(C)n2S(=O)(=O)c1ccc2c(c1)CNCC2. The average Bonchev–Trinajstić information content (AvgIpc) is 2.96. The summed E-state index contributed by atoms with van der Waals surface area (Å²) in [6.45, 7) is 3.45. The summed E-state index contributed by atoms with van der Waals surface area (Å²) in [6.07, 6.45) is 0.931. The van der Waals surface area contributed by atoms with Crippen molar-refractivity contribution in [2.45, 2.75) is 24.8 Å². The number of nitrogens with one attached hydrogen (secondary N) is 1. The van der Waals surface area contributed by atoms with E-state index in [-0.39, 0.29) is 0 Å². The highest BCUT2D eigenvalue weighted by Gasteiger charge is 2.23. The van der Waals surface area contributed by atoms with Crippen LogP contribution in [0, 0.1) is 6.92 Å². The molecular weight excluding hydrogens is 336 g/mol. The van der Waals surface area contributed by atoms with Gasteiger partial charge in [-0.25, -0.2) is 12.4 Å². The first-order valence-corrected chi connectivity index (χ1v) is 9.69. The lowest BCUT2D eigenvalue weighted by molar-refractivity contribution is 0.415. The third kappa shape index (κ3) is 2.62. The van der Waals surface area contributed by atoms with Crippen molar-refractivity contribution < 1.29 is 13.2 Å². The maximum absolute atomic E-state index is 13.3. The van der Waals surface area contributed by atoms with Crippen LogP contribution in [-0.4, -0.2) is 26.0 Å². The molecule has 2 aromatic carbocycles. The number of aromatic nitrogens is 1. The van der Waals surface area contributed by atoms with Crippen LogP contribution in [0.15, 0.2) is 47.4 Å². The fourth-order valence-corrected chi connectivity index (χ4v) is 5.07. The molecule has 5 nitrogen and oxygen atoms in total. The quantitative estimate of drug-likeness (QED) is 0.784. The zero-order valence-corrected chi connectivity index (χ0v) is 15.1. The fraction of sp³-hybridized carbons (Fsp3) is 0.263. The number of benzene rings is 2. The van der Waals surface area contributed by atoms with Crippen molar-refractivity contribution in [1.82, 2.24) is 9.29 Å². The molecule has 1 aliphatic rings. The molecule has 0 unspecified atom stereocenters. The van der Waals surface area contributed by atoms with E-state index in [0.29, 0.717) is 28.4 Å². The minimum Gasteiger partial charge on any atom is -0.497 e. The first-order chi connectivity index (χ1) is 12.0. The molecule has 0 saturated heterocycles. The van der Waals surface area contributed by atoms with Gasteiger partial charge in [-0.05, 0) is 67.4 Å². The van der Waals surface area contributed by atoms with Gasteiger partial charge in [-0.1, -0.05) is 6.07 Å². The van der Waals surface area contributed by atoms with E-state index in [9.17, 15) is 8.42 Å². The molecule has 130 valence electrons. The van der Waals surface area contributed by atoms with E-state index in [1.165, 1.54) is 9.54 Å². The second-order valence-electron chi connectivity index (χ2n) is 6.34. The van der Waals surface area contributed by atoms with Crippen molar-refractivity contribution in [3.63, 3.8) is 0 Å². The molecule has 0 aliphatic carbocycles. The van der Waals surface area contributed by atoms with Gasteiger partial charge in [-0.3, -0.25) is 0 Å². The molecule has 2 heterocycles. The Balaban J connectivity index is 1.88. The molecule has 0 bridgehead atoms. The monoisotopic (exact) mass is 356 g/mol. The Labute approximate surface area is 147 Å². The Bertz CT molecular complexity index is 1070. The number of hydrogen-bond donors (Lipinski definition) is 1. The van der Waals surface area contributed by atoms with Gasteiger partial charge >= 0.3 is 0 Å². The molecule has 1 N–H and O–H groups in total. The molecule has 0 spiro atoms. The van der Waals surface area contributed by atoms with Crippen molar-refractivity contribution in [1.29, 1.82) is 0 Å². The zero-order chi connectivity index (χ0) is 17.6. The number of hydrogen-bond acceptors (Lipinski definition) is 4. The molecular formula is C19H20N2O3S. The molecule has 0 amide bonds. The van der Waals surface area contributed by atoms with Crippen molar-refractivity contribution >= 4 is 20.9 Å². The van der Waals surface area contributed by atoms with E-state index in [1.807, 2.05) is 25.1 Å². The van der Waals surface area contributed by atoms with Crippen LogP contribution in [0.1, 0.15) is 16.8 Å². The summed E-state index contributed by atoms with van der Waals surface area (Å²) in [4.78, 5) is 0.325. The molecule has 6 heteroatoms. The standard InChI is InChI=1S/C19H20N2O3S/c1-13-9-15-10-17(24-2)4-6-19(15)21(13)25(22,23)18-5-3-14-7-8-20-12-16(14)11-18/h3-6,9-11,20H,7-8,12H2,1-2H3. The lowest BCUT2D eigenvalue weighted by Gasteiger charge is -2.18. The van der Waals surface area contributed by atoms with E-state index in [4.69, 9.17) is 4.74 Å². The minimum atomic E-state index is -3.66. The predicted octanol–water partition coefficient (Wildman–Crippen LogP) is 2.84. The first kappa shape index (κ1) is 16.2. The van der Waals surface area contributed by atoms with Gasteiger partial charge in [-0.15, -0.1) is 0 Å². The second kappa shape index (κ2) is 5.89. The van der Waals surface area contributed by atoms with E-state index in [2.05, 4.69) is 5.32 Å². The van der Waals surface area contributed by atoms with E-state index < -0.39 is 10.0 Å². The molecule has 0 fully saturated rings. The minimum absolute atomic E-state index is 0.325. The Kier molecular flexibility index (Phi) is 3.81. The molecule has 0 saturated carbocycles. The summed E-state index contributed by atoms with van der Waals surface area (Å²) in [5.74, 6) is 0.710. The highest BCUT2D eigenvalue weighted by molar-refractivity contribution is 7.90. The number of rotatable bonds is 3. The normalized spacial score (nSPS) is 14.5. The van der Waals surface area contributed by atoms with Gasteiger partial charge in [0.1, 0.15) is 5.75 Å². The van der Waals surface area contributed by atoms with Crippen molar-refractivity contribution in [2.75, 3.05) is 13.7 Å². The third-order valence-corrected chi connectivity index (χ3v) is 6.56. The van der Waals surface area contributed by atoms with Crippen LogP contribution < -0.4 is 10.1 Å². The van der Waals surface area contributed by atoms with Crippen LogP contribution >= 0.6 is 0 Å². The van der Waals surface area contributed by atoms with Gasteiger partial charge in [0.15, 0.2) is 0 Å². The molecule has 4 rings (SSSR count). The topological polar surface area (TPSA) is 60.3 Å². The van der Waals surface area contributed by atoms with Gasteiger partial charge in [0.25, 0.3) is 10.0 Å². The van der Waals surface area contributed by atoms with Gasteiger partial charge < -0.3 is 10.1 Å². The number of methoxy groups -OCH3 is 1. The van der Waals surface area contributed by atoms with E-state index in [1.54, 1.807) is 31.4 Å². The molecule has 1 aliphatic heterocycles. The van der Waals surface area contributed by atoms with Crippen LogP contribution in [0.2, 0.25) is 0 Å². The summed E-state index contributed by atoms with van der Waals surface area (Å²) in [5, 5.41) is 4.14. The Morgan fingerprint density at radius 2 is 1.92 bits per heavy atom. The Morgan fingerprint density at radius 1 is 1.08 bits per heavy atom. The van der Waals surface area contributed by atoms with E-state index in [0.717, 1.165) is 23.9 Å². The summed E-state index contributed by atoms with van der Waals surface area (Å²) < 4.78 is 33.2. The first-order valence-electron chi connectivity index (χ1n) is 8.25. The highest BCUT2D eigenvalue weighted by Crippen LogP contribution is 2.29. The highest BCUT2D eigenvalue weighted by atomic mass is 32.2. The number of aryl methyl sites for hydroxylation is 1. The smallest absolute Gasteiger partial charge is 0.268 e. The molecule has 1 aromatic heterocycles. The van der Waals surface area contributed by atoms with Crippen LogP contribution in [0.3, 0.4) is 0 Å². The van der Waals surface area contributed by atoms with Crippen LogP contribution in [0.5, 0.6) is 5.75 Å². The average molecular weight is 356 g/mol. The van der Waals surface area contributed by atoms with Crippen LogP contribution in [0.4, 0.5) is 0 Å². The molecule has 0 radical (unpaired) electrons. The molecule has 3 aromatic rings. The third-order valence-electron chi connectivity index (χ3n) is 4.74. The van der Waals surface area contributed by atoms with E-state index >= 15 is 0 Å². The summed E-state index contributed by atoms with van der Waals surface area (Å²) in [7, 11) is -2.06. The summed E-state index contributed by atoms with van der Waals surface area (Å²) in [5.41, 5.74) is 3.62. The van der Waals surface area contributed by atoms with Crippen LogP contribution in [0.25, 0.3) is 10.9 Å². The fourth-order valence-electron chi connectivity index (χ4n) is 3.48. The maximum Gasteiger partial charge on any atom is 0.268 e. The molecule has 0 atom stereocenters. The number of ether oxygens (including phenoxy) is 1. The lowest BCUT2D eigenvalue weighted by atomic mass is 10.0. The summed E-state index contributed by atoms with van der Waals surface area (Å²) in [6, 6.07) is 12.7. The van der Waals surface area contributed by atoms with Crippen molar-refractivity contribution in [2.24, 2.45) is 0 Å². The Morgan fingerprint density at radius 3 is 2.72 bits per heavy atom. The van der Waals surface area contributed by atoms with Crippen molar-refractivity contribution in [3.8, 4) is 5.75 Å². The maximum atomic E-state index is 13.3. The predicted molar refractivity (Wildman–Crippen MR) is 97.7 cm³/mol. The van der Waals surface area contributed by atoms with Crippen molar-refractivity contribution in [3.05, 3.63) is 59.3 Å². The lowest BCUT2D eigenvalue weighted by Crippen LogP contribution is -2.24. The zero-order valence-electron chi connectivity index (χ0n) is 14.2. The van der Waals surface area contributed by atoms with Gasteiger partial charge in [0.2, 0.25) is 0 Å².